The van der Waals surface area contributed by atoms with Crippen LogP contribution >= 0.6 is 22.9 Å². The molecule has 1 aromatic rings. The van der Waals surface area contributed by atoms with Gasteiger partial charge >= 0.3 is 0 Å². The Morgan fingerprint density at radius 2 is 2.35 bits per heavy atom. The number of aliphatic hydroxyl groups is 1. The summed E-state index contributed by atoms with van der Waals surface area (Å²) in [7, 11) is 1.80. The van der Waals surface area contributed by atoms with Crippen LogP contribution in [0.2, 0.25) is 4.34 Å². The molecule has 0 aromatic carbocycles. The first-order chi connectivity index (χ1) is 9.35. The van der Waals surface area contributed by atoms with E-state index in [1.54, 1.807) is 11.9 Å². The topological polar surface area (TPSA) is 43.8 Å². The second-order valence-electron chi connectivity index (χ2n) is 5.77. The summed E-state index contributed by atoms with van der Waals surface area (Å²) in [5.74, 6) is 0.0761. The summed E-state index contributed by atoms with van der Waals surface area (Å²) in [5, 5.41) is 10.1. The van der Waals surface area contributed by atoms with Crippen molar-refractivity contribution >= 4 is 28.8 Å². The summed E-state index contributed by atoms with van der Waals surface area (Å²) in [5.41, 5.74) is -0.668. The minimum Gasteiger partial charge on any atom is -0.389 e. The molecule has 1 aliphatic heterocycles. The van der Waals surface area contributed by atoms with Crippen molar-refractivity contribution in [2.75, 3.05) is 26.7 Å². The number of carbonyl (C=O) groups is 1. The highest BCUT2D eigenvalue weighted by molar-refractivity contribution is 7.16. The van der Waals surface area contributed by atoms with Crippen molar-refractivity contribution in [3.8, 4) is 0 Å². The van der Waals surface area contributed by atoms with E-state index < -0.39 is 5.60 Å². The van der Waals surface area contributed by atoms with Crippen LogP contribution in [-0.2, 0) is 11.3 Å². The molecule has 1 aromatic heterocycles. The summed E-state index contributed by atoms with van der Waals surface area (Å²) in [4.78, 5) is 17.0. The molecule has 4 nitrogen and oxygen atoms in total. The number of thiophene rings is 1. The van der Waals surface area contributed by atoms with Crippen molar-refractivity contribution in [1.29, 1.82) is 0 Å². The molecule has 1 amide bonds. The van der Waals surface area contributed by atoms with E-state index >= 15 is 0 Å². The molecular weight excluding hydrogens is 296 g/mol. The molecule has 1 unspecified atom stereocenters. The van der Waals surface area contributed by atoms with Crippen LogP contribution in [0.3, 0.4) is 0 Å². The van der Waals surface area contributed by atoms with E-state index in [0.717, 1.165) is 28.6 Å². The standard InChI is InChI=1S/C14H21ClN2O2S/c1-14(19)6-3-7-17(10-14)9-13(18)16(2)8-11-4-5-12(15)20-11/h4-5,19H,3,6-10H2,1-2H3. The minimum absolute atomic E-state index is 0.0761. The first-order valence-electron chi connectivity index (χ1n) is 6.79. The van der Waals surface area contributed by atoms with Gasteiger partial charge in [-0.25, -0.2) is 0 Å². The van der Waals surface area contributed by atoms with Crippen LogP contribution in [0, 0.1) is 0 Å². The minimum atomic E-state index is -0.668. The largest absolute Gasteiger partial charge is 0.389 e. The van der Waals surface area contributed by atoms with Crippen LogP contribution in [-0.4, -0.2) is 53.1 Å². The molecule has 1 fully saturated rings. The molecule has 0 saturated carbocycles. The molecule has 0 radical (unpaired) electrons. The maximum atomic E-state index is 12.2. The van der Waals surface area contributed by atoms with Gasteiger partial charge in [0.05, 0.1) is 23.0 Å². The van der Waals surface area contributed by atoms with Crippen molar-refractivity contribution in [3.63, 3.8) is 0 Å². The van der Waals surface area contributed by atoms with E-state index in [1.165, 1.54) is 11.3 Å². The molecule has 6 heteroatoms. The molecule has 0 aliphatic carbocycles. The van der Waals surface area contributed by atoms with Gasteiger partial charge in [-0.05, 0) is 38.4 Å². The van der Waals surface area contributed by atoms with E-state index in [1.807, 2.05) is 24.0 Å². The summed E-state index contributed by atoms with van der Waals surface area (Å²) in [6.07, 6.45) is 1.74. The number of likely N-dealkylation sites (N-methyl/N-ethyl adjacent to an activating group) is 1. The number of β-amino-alcohol motifs (C(OH)–C–C–N with tert-alkyl or cyclic N) is 1. The predicted octanol–water partition coefficient (Wildman–Crippen LogP) is 2.21. The number of carbonyl (C=O) groups excluding carboxylic acids is 1. The maximum Gasteiger partial charge on any atom is 0.236 e. The first-order valence-corrected chi connectivity index (χ1v) is 7.98. The zero-order valence-electron chi connectivity index (χ0n) is 11.9. The number of amides is 1. The van der Waals surface area contributed by atoms with Crippen LogP contribution < -0.4 is 0 Å². The summed E-state index contributed by atoms with van der Waals surface area (Å²) >= 11 is 7.39. The average molecular weight is 317 g/mol. The van der Waals surface area contributed by atoms with Crippen molar-refractivity contribution in [1.82, 2.24) is 9.80 Å². The van der Waals surface area contributed by atoms with Crippen LogP contribution in [0.25, 0.3) is 0 Å². The Morgan fingerprint density at radius 1 is 1.60 bits per heavy atom. The lowest BCUT2D eigenvalue weighted by Gasteiger charge is -2.37. The molecule has 2 rings (SSSR count). The van der Waals surface area contributed by atoms with Crippen molar-refractivity contribution in [2.24, 2.45) is 0 Å². The number of hydrogen-bond donors (Lipinski definition) is 1. The number of piperidine rings is 1. The van der Waals surface area contributed by atoms with Gasteiger partial charge in [-0.15, -0.1) is 11.3 Å². The number of likely N-dealkylation sites (tertiary alicyclic amines) is 1. The average Bonchev–Trinajstić information content (AvgIpc) is 2.73. The molecule has 1 atom stereocenters. The fourth-order valence-electron chi connectivity index (χ4n) is 2.53. The Hall–Kier alpha value is -0.620. The molecule has 1 N–H and O–H groups in total. The number of rotatable bonds is 4. The molecular formula is C14H21ClN2O2S. The zero-order chi connectivity index (χ0) is 14.8. The van der Waals surface area contributed by atoms with Crippen LogP contribution in [0.1, 0.15) is 24.6 Å². The third-order valence-electron chi connectivity index (χ3n) is 3.56. The van der Waals surface area contributed by atoms with Crippen molar-refractivity contribution in [2.45, 2.75) is 31.9 Å². The number of hydrogen-bond acceptors (Lipinski definition) is 4. The lowest BCUT2D eigenvalue weighted by atomic mass is 9.95. The SMILES string of the molecule is CN(Cc1ccc(Cl)s1)C(=O)CN1CCCC(C)(O)C1. The molecule has 1 aliphatic rings. The van der Waals surface area contributed by atoms with E-state index in [2.05, 4.69) is 0 Å². The Bertz CT molecular complexity index is 475. The van der Waals surface area contributed by atoms with Gasteiger partial charge in [0, 0.05) is 18.5 Å². The Morgan fingerprint density at radius 3 is 2.95 bits per heavy atom. The number of nitrogens with zero attached hydrogens (tertiary/aromatic N) is 2. The van der Waals surface area contributed by atoms with Gasteiger partial charge in [0.1, 0.15) is 0 Å². The van der Waals surface area contributed by atoms with Crippen LogP contribution in [0.5, 0.6) is 0 Å². The molecule has 1 saturated heterocycles. The van der Waals surface area contributed by atoms with E-state index in [-0.39, 0.29) is 5.91 Å². The zero-order valence-corrected chi connectivity index (χ0v) is 13.5. The van der Waals surface area contributed by atoms with E-state index in [4.69, 9.17) is 11.6 Å². The van der Waals surface area contributed by atoms with Crippen LogP contribution in [0.4, 0.5) is 0 Å². The maximum absolute atomic E-state index is 12.2. The fraction of sp³-hybridized carbons (Fsp3) is 0.643. The fourth-order valence-corrected chi connectivity index (χ4v) is 3.67. The predicted molar refractivity (Wildman–Crippen MR) is 82.1 cm³/mol. The van der Waals surface area contributed by atoms with Gasteiger partial charge in [0.2, 0.25) is 5.91 Å². The van der Waals surface area contributed by atoms with E-state index in [0.29, 0.717) is 19.6 Å². The lowest BCUT2D eigenvalue weighted by molar-refractivity contribution is -0.133. The second-order valence-corrected chi connectivity index (χ2v) is 7.57. The molecule has 0 spiro atoms. The Labute approximate surface area is 128 Å². The van der Waals surface area contributed by atoms with Crippen LogP contribution in [0.15, 0.2) is 12.1 Å². The van der Waals surface area contributed by atoms with Gasteiger partial charge in [0.25, 0.3) is 0 Å². The highest BCUT2D eigenvalue weighted by atomic mass is 35.5. The van der Waals surface area contributed by atoms with Crippen molar-refractivity contribution in [3.05, 3.63) is 21.3 Å². The van der Waals surface area contributed by atoms with Gasteiger partial charge in [-0.1, -0.05) is 11.6 Å². The number of halogens is 1. The highest BCUT2D eigenvalue weighted by Crippen LogP contribution is 2.23. The smallest absolute Gasteiger partial charge is 0.236 e. The van der Waals surface area contributed by atoms with Gasteiger partial charge in [-0.2, -0.15) is 0 Å². The summed E-state index contributed by atoms with van der Waals surface area (Å²) < 4.78 is 0.743. The molecule has 0 bridgehead atoms. The summed E-state index contributed by atoms with van der Waals surface area (Å²) in [6, 6.07) is 3.80. The normalized spacial score (nSPS) is 23.8. The Balaban J connectivity index is 1.84. The van der Waals surface area contributed by atoms with Gasteiger partial charge in [0.15, 0.2) is 0 Å². The van der Waals surface area contributed by atoms with E-state index in [9.17, 15) is 9.90 Å². The highest BCUT2D eigenvalue weighted by Gasteiger charge is 2.29. The Kier molecular flexibility index (Phi) is 5.07. The third kappa shape index (κ3) is 4.45. The quantitative estimate of drug-likeness (QED) is 0.926. The second kappa shape index (κ2) is 6.43. The van der Waals surface area contributed by atoms with Gasteiger partial charge in [-0.3, -0.25) is 9.69 Å². The lowest BCUT2D eigenvalue weighted by Crippen LogP contribution is -2.49. The summed E-state index contributed by atoms with van der Waals surface area (Å²) in [6.45, 7) is 4.23. The molecule has 2 heterocycles. The van der Waals surface area contributed by atoms with Crippen molar-refractivity contribution < 1.29 is 9.90 Å². The third-order valence-corrected chi connectivity index (χ3v) is 4.78. The molecule has 112 valence electrons. The monoisotopic (exact) mass is 316 g/mol. The molecule has 20 heavy (non-hydrogen) atoms. The first kappa shape index (κ1) is 15.8. The van der Waals surface area contributed by atoms with Gasteiger partial charge < -0.3 is 10.0 Å².